The van der Waals surface area contributed by atoms with Gasteiger partial charge in [0.2, 0.25) is 0 Å². The summed E-state index contributed by atoms with van der Waals surface area (Å²) in [5, 5.41) is 25.5. The van der Waals surface area contributed by atoms with E-state index in [4.69, 9.17) is 5.73 Å². The first-order valence-corrected chi connectivity index (χ1v) is 6.04. The molecule has 0 aliphatic carbocycles. The lowest BCUT2D eigenvalue weighted by atomic mass is 10.1. The van der Waals surface area contributed by atoms with Gasteiger partial charge in [0.05, 0.1) is 11.0 Å². The molecule has 1 aromatic carbocycles. The second kappa shape index (κ2) is 6.83. The highest BCUT2D eigenvalue weighted by Crippen LogP contribution is 2.25. The Labute approximate surface area is 116 Å². The number of aliphatic hydroxyl groups is 1. The Morgan fingerprint density at radius 1 is 1.55 bits per heavy atom. The maximum absolute atomic E-state index is 11.4. The second-order valence-electron chi connectivity index (χ2n) is 4.35. The van der Waals surface area contributed by atoms with Crippen molar-refractivity contribution in [3.05, 3.63) is 33.9 Å². The van der Waals surface area contributed by atoms with E-state index in [1.54, 1.807) is 0 Å². The first-order valence-electron chi connectivity index (χ1n) is 6.04. The van der Waals surface area contributed by atoms with E-state index < -0.39 is 23.0 Å². The van der Waals surface area contributed by atoms with Gasteiger partial charge in [-0.1, -0.05) is 0 Å². The van der Waals surface area contributed by atoms with Crippen molar-refractivity contribution < 1.29 is 14.8 Å². The number of carbonyl (C=O) groups is 1. The van der Waals surface area contributed by atoms with E-state index >= 15 is 0 Å². The standard InChI is InChI=1S/C12H18N4O4/c1-7(17)9(13)6-15-10-4-3-8(12(18)14-2)5-11(10)16(19)20/h3-5,7,9,15,17H,6,13H2,1-2H3,(H,14,18). The number of nitrogens with zero attached hydrogens (tertiary/aromatic N) is 1. The number of nitrogens with one attached hydrogen (secondary N) is 2. The summed E-state index contributed by atoms with van der Waals surface area (Å²) in [6.45, 7) is 1.72. The average Bonchev–Trinajstić information content (AvgIpc) is 2.43. The Bertz CT molecular complexity index is 504. The van der Waals surface area contributed by atoms with Gasteiger partial charge in [-0.25, -0.2) is 0 Å². The highest BCUT2D eigenvalue weighted by Gasteiger charge is 2.18. The molecule has 0 spiro atoms. The van der Waals surface area contributed by atoms with E-state index in [9.17, 15) is 20.0 Å². The number of rotatable bonds is 6. The zero-order valence-corrected chi connectivity index (χ0v) is 11.3. The molecule has 20 heavy (non-hydrogen) atoms. The molecule has 1 rings (SSSR count). The highest BCUT2D eigenvalue weighted by atomic mass is 16.6. The van der Waals surface area contributed by atoms with Crippen molar-refractivity contribution in [1.29, 1.82) is 0 Å². The van der Waals surface area contributed by atoms with Crippen molar-refractivity contribution >= 4 is 17.3 Å². The third-order valence-corrected chi connectivity index (χ3v) is 2.83. The van der Waals surface area contributed by atoms with E-state index in [0.29, 0.717) is 0 Å². The van der Waals surface area contributed by atoms with Crippen LogP contribution in [0.25, 0.3) is 0 Å². The van der Waals surface area contributed by atoms with Gasteiger partial charge in [0, 0.05) is 31.3 Å². The Morgan fingerprint density at radius 3 is 2.70 bits per heavy atom. The molecule has 5 N–H and O–H groups in total. The number of nitrogens with two attached hydrogens (primary N) is 1. The number of hydrogen-bond acceptors (Lipinski definition) is 6. The van der Waals surface area contributed by atoms with Crippen LogP contribution in [0.4, 0.5) is 11.4 Å². The van der Waals surface area contributed by atoms with Crippen LogP contribution in [0, 0.1) is 10.1 Å². The quantitative estimate of drug-likeness (QED) is 0.431. The molecular formula is C12H18N4O4. The Morgan fingerprint density at radius 2 is 2.20 bits per heavy atom. The summed E-state index contributed by atoms with van der Waals surface area (Å²) in [7, 11) is 1.45. The summed E-state index contributed by atoms with van der Waals surface area (Å²) in [4.78, 5) is 21.9. The molecule has 0 aliphatic rings. The molecule has 0 fully saturated rings. The minimum Gasteiger partial charge on any atom is -0.392 e. The summed E-state index contributed by atoms with van der Waals surface area (Å²) >= 11 is 0. The number of amides is 1. The van der Waals surface area contributed by atoms with Gasteiger partial charge in [-0.3, -0.25) is 14.9 Å². The molecule has 0 radical (unpaired) electrons. The number of nitro groups is 1. The molecule has 110 valence electrons. The van der Waals surface area contributed by atoms with Crippen molar-refractivity contribution in [1.82, 2.24) is 5.32 Å². The third-order valence-electron chi connectivity index (χ3n) is 2.83. The number of carbonyl (C=O) groups excluding carboxylic acids is 1. The van der Waals surface area contributed by atoms with Gasteiger partial charge in [-0.15, -0.1) is 0 Å². The van der Waals surface area contributed by atoms with Crippen molar-refractivity contribution in [2.45, 2.75) is 19.1 Å². The number of nitro benzene ring substituents is 1. The zero-order valence-electron chi connectivity index (χ0n) is 11.3. The smallest absolute Gasteiger partial charge is 0.293 e. The maximum atomic E-state index is 11.4. The van der Waals surface area contributed by atoms with E-state index in [-0.39, 0.29) is 23.5 Å². The Hall–Kier alpha value is -2.19. The van der Waals surface area contributed by atoms with Crippen LogP contribution >= 0.6 is 0 Å². The van der Waals surface area contributed by atoms with E-state index in [0.717, 1.165) is 0 Å². The molecule has 1 amide bonds. The van der Waals surface area contributed by atoms with Crippen molar-refractivity contribution in [3.63, 3.8) is 0 Å². The second-order valence-corrected chi connectivity index (χ2v) is 4.35. The first kappa shape index (κ1) is 15.9. The molecule has 1 aromatic rings. The Kier molecular flexibility index (Phi) is 5.42. The normalized spacial score (nSPS) is 13.4. The van der Waals surface area contributed by atoms with Crippen molar-refractivity contribution in [2.24, 2.45) is 5.73 Å². The molecule has 0 saturated carbocycles. The van der Waals surface area contributed by atoms with Crippen LogP contribution in [0.2, 0.25) is 0 Å². The van der Waals surface area contributed by atoms with Gasteiger partial charge in [0.1, 0.15) is 5.69 Å². The van der Waals surface area contributed by atoms with Crippen LogP contribution < -0.4 is 16.4 Å². The summed E-state index contributed by atoms with van der Waals surface area (Å²) in [6, 6.07) is 3.56. The molecular weight excluding hydrogens is 264 g/mol. The van der Waals surface area contributed by atoms with Gasteiger partial charge in [-0.2, -0.15) is 0 Å². The average molecular weight is 282 g/mol. The van der Waals surface area contributed by atoms with Crippen LogP contribution in [-0.4, -0.2) is 41.7 Å². The fourth-order valence-corrected chi connectivity index (χ4v) is 1.52. The fourth-order valence-electron chi connectivity index (χ4n) is 1.52. The summed E-state index contributed by atoms with van der Waals surface area (Å²) in [5.41, 5.74) is 5.87. The number of hydrogen-bond donors (Lipinski definition) is 4. The van der Waals surface area contributed by atoms with Crippen molar-refractivity contribution in [3.8, 4) is 0 Å². The first-order chi connectivity index (χ1) is 9.36. The van der Waals surface area contributed by atoms with Gasteiger partial charge in [0.15, 0.2) is 0 Å². The monoisotopic (exact) mass is 282 g/mol. The molecule has 2 unspecified atom stereocenters. The lowest BCUT2D eigenvalue weighted by molar-refractivity contribution is -0.384. The largest absolute Gasteiger partial charge is 0.392 e. The third kappa shape index (κ3) is 3.90. The lowest BCUT2D eigenvalue weighted by Crippen LogP contribution is -2.38. The molecule has 0 heterocycles. The van der Waals surface area contributed by atoms with Crippen LogP contribution in [0.15, 0.2) is 18.2 Å². The van der Waals surface area contributed by atoms with Crippen molar-refractivity contribution in [2.75, 3.05) is 18.9 Å². The molecule has 0 saturated heterocycles. The maximum Gasteiger partial charge on any atom is 0.293 e. The van der Waals surface area contributed by atoms with E-state index in [2.05, 4.69) is 10.6 Å². The van der Waals surface area contributed by atoms with E-state index in [1.807, 2.05) is 0 Å². The molecule has 8 nitrogen and oxygen atoms in total. The predicted molar refractivity (Wildman–Crippen MR) is 74.6 cm³/mol. The van der Waals surface area contributed by atoms with Crippen LogP contribution in [0.5, 0.6) is 0 Å². The number of benzene rings is 1. The molecule has 0 bridgehead atoms. The SMILES string of the molecule is CNC(=O)c1ccc(NCC(N)C(C)O)c([N+](=O)[O-])c1. The van der Waals surface area contributed by atoms with Crippen LogP contribution in [0.1, 0.15) is 17.3 Å². The Balaban J connectivity index is 2.96. The number of anilines is 1. The molecule has 0 aliphatic heterocycles. The van der Waals surface area contributed by atoms with Crippen LogP contribution in [-0.2, 0) is 0 Å². The summed E-state index contributed by atoms with van der Waals surface area (Å²) < 4.78 is 0. The van der Waals surface area contributed by atoms with Gasteiger partial charge in [-0.05, 0) is 19.1 Å². The van der Waals surface area contributed by atoms with Gasteiger partial charge >= 0.3 is 0 Å². The summed E-state index contributed by atoms with van der Waals surface area (Å²) in [5.74, 6) is -0.402. The predicted octanol–water partition coefficient (Wildman–Crippen LogP) is 0.0744. The molecule has 2 atom stereocenters. The zero-order chi connectivity index (χ0) is 15.3. The molecule has 8 heteroatoms. The lowest BCUT2D eigenvalue weighted by Gasteiger charge is -2.16. The summed E-state index contributed by atoms with van der Waals surface area (Å²) in [6.07, 6.45) is -0.730. The van der Waals surface area contributed by atoms with E-state index in [1.165, 1.54) is 32.2 Å². The van der Waals surface area contributed by atoms with Gasteiger partial charge < -0.3 is 21.5 Å². The highest BCUT2D eigenvalue weighted by molar-refractivity contribution is 5.95. The minimum absolute atomic E-state index is 0.178. The van der Waals surface area contributed by atoms with Crippen LogP contribution in [0.3, 0.4) is 0 Å². The van der Waals surface area contributed by atoms with Gasteiger partial charge in [0.25, 0.3) is 11.6 Å². The minimum atomic E-state index is -0.730. The topological polar surface area (TPSA) is 131 Å². The molecule has 0 aromatic heterocycles. The fraction of sp³-hybridized carbons (Fsp3) is 0.417. The number of aliphatic hydroxyl groups excluding tert-OH is 1.